The van der Waals surface area contributed by atoms with E-state index in [0.717, 1.165) is 0 Å². The third kappa shape index (κ3) is 4.32. The highest BCUT2D eigenvalue weighted by atomic mass is 19.4. The maximum Gasteiger partial charge on any atom is 0.390 e. The van der Waals surface area contributed by atoms with Gasteiger partial charge in [-0.2, -0.15) is 13.2 Å². The number of rotatable bonds is 4. The van der Waals surface area contributed by atoms with Gasteiger partial charge in [0.25, 0.3) is 0 Å². The minimum Gasteiger partial charge on any atom is -0.468 e. The fourth-order valence-electron chi connectivity index (χ4n) is 1.11. The summed E-state index contributed by atoms with van der Waals surface area (Å²) in [7, 11) is 0. The summed E-state index contributed by atoms with van der Waals surface area (Å²) >= 11 is 0. The molecule has 1 atom stereocenters. The van der Waals surface area contributed by atoms with E-state index in [1.54, 1.807) is 12.1 Å². The van der Waals surface area contributed by atoms with Gasteiger partial charge in [-0.1, -0.05) is 0 Å². The monoisotopic (exact) mass is 207 g/mol. The number of hydrogen-bond donors (Lipinski definition) is 1. The van der Waals surface area contributed by atoms with Crippen molar-refractivity contribution < 1.29 is 17.6 Å². The summed E-state index contributed by atoms with van der Waals surface area (Å²) in [5.41, 5.74) is 0. The molecule has 0 spiro atoms. The summed E-state index contributed by atoms with van der Waals surface area (Å²) in [6.07, 6.45) is -3.45. The van der Waals surface area contributed by atoms with Crippen LogP contribution in [-0.4, -0.2) is 12.2 Å². The fourth-order valence-corrected chi connectivity index (χ4v) is 1.11. The lowest BCUT2D eigenvalue weighted by Gasteiger charge is -2.14. The van der Waals surface area contributed by atoms with Gasteiger partial charge in [0.05, 0.1) is 19.2 Å². The van der Waals surface area contributed by atoms with E-state index in [2.05, 4.69) is 5.32 Å². The van der Waals surface area contributed by atoms with Crippen LogP contribution < -0.4 is 5.32 Å². The van der Waals surface area contributed by atoms with Gasteiger partial charge in [-0.05, 0) is 19.1 Å². The Morgan fingerprint density at radius 1 is 1.50 bits per heavy atom. The van der Waals surface area contributed by atoms with E-state index in [1.807, 2.05) is 0 Å². The predicted molar refractivity (Wildman–Crippen MR) is 45.7 cm³/mol. The zero-order valence-electron chi connectivity index (χ0n) is 7.77. The second-order valence-corrected chi connectivity index (χ2v) is 3.18. The van der Waals surface area contributed by atoms with E-state index in [0.29, 0.717) is 12.3 Å². The highest BCUT2D eigenvalue weighted by Crippen LogP contribution is 2.21. The molecule has 0 saturated heterocycles. The highest BCUT2D eigenvalue weighted by Gasteiger charge is 2.29. The van der Waals surface area contributed by atoms with Crippen molar-refractivity contribution in [1.82, 2.24) is 5.32 Å². The lowest BCUT2D eigenvalue weighted by atomic mass is 10.2. The van der Waals surface area contributed by atoms with Crippen LogP contribution in [0.15, 0.2) is 22.8 Å². The first-order valence-electron chi connectivity index (χ1n) is 4.30. The van der Waals surface area contributed by atoms with Crippen molar-refractivity contribution in [3.05, 3.63) is 24.2 Å². The standard InChI is InChI=1S/C9H12F3NO/c1-7(5-9(10,11)12)13-6-8-3-2-4-14-8/h2-4,7,13H,5-6H2,1H3. The Hall–Kier alpha value is -0.970. The van der Waals surface area contributed by atoms with Crippen LogP contribution in [0.2, 0.25) is 0 Å². The summed E-state index contributed by atoms with van der Waals surface area (Å²) in [6.45, 7) is 1.82. The molecule has 0 bridgehead atoms. The first-order chi connectivity index (χ1) is 6.47. The van der Waals surface area contributed by atoms with Gasteiger partial charge in [0.15, 0.2) is 0 Å². The highest BCUT2D eigenvalue weighted by molar-refractivity contribution is 4.97. The molecule has 80 valence electrons. The first-order valence-corrected chi connectivity index (χ1v) is 4.30. The number of halogens is 3. The molecule has 14 heavy (non-hydrogen) atoms. The minimum atomic E-state index is -4.12. The smallest absolute Gasteiger partial charge is 0.390 e. The first kappa shape index (κ1) is 11.1. The molecule has 0 aliphatic heterocycles. The van der Waals surface area contributed by atoms with Gasteiger partial charge in [-0.3, -0.25) is 0 Å². The van der Waals surface area contributed by atoms with Gasteiger partial charge < -0.3 is 9.73 Å². The molecular weight excluding hydrogens is 195 g/mol. The molecule has 0 fully saturated rings. The normalized spacial score (nSPS) is 14.3. The van der Waals surface area contributed by atoms with E-state index in [1.165, 1.54) is 13.2 Å². The van der Waals surface area contributed by atoms with Crippen LogP contribution in [0.4, 0.5) is 13.2 Å². The molecule has 0 aliphatic carbocycles. The largest absolute Gasteiger partial charge is 0.468 e. The number of nitrogens with one attached hydrogen (secondary N) is 1. The Bertz CT molecular complexity index is 256. The van der Waals surface area contributed by atoms with E-state index >= 15 is 0 Å². The lowest BCUT2D eigenvalue weighted by molar-refractivity contribution is -0.139. The Kier molecular flexibility index (Phi) is 3.57. The quantitative estimate of drug-likeness (QED) is 0.821. The molecule has 1 N–H and O–H groups in total. The molecule has 0 radical (unpaired) electrons. The van der Waals surface area contributed by atoms with Crippen LogP contribution in [0.1, 0.15) is 19.1 Å². The number of alkyl halides is 3. The molecule has 5 heteroatoms. The zero-order chi connectivity index (χ0) is 10.6. The molecule has 1 rings (SSSR count). The summed E-state index contributed by atoms with van der Waals surface area (Å²) in [5, 5.41) is 2.73. The molecule has 0 amide bonds. The summed E-state index contributed by atoms with van der Waals surface area (Å²) in [4.78, 5) is 0. The number of furan rings is 1. The van der Waals surface area contributed by atoms with Crippen LogP contribution in [0.3, 0.4) is 0 Å². The topological polar surface area (TPSA) is 25.2 Å². The number of hydrogen-bond acceptors (Lipinski definition) is 2. The maximum absolute atomic E-state index is 11.9. The molecule has 1 unspecified atom stereocenters. The van der Waals surface area contributed by atoms with Crippen molar-refractivity contribution in [2.45, 2.75) is 32.1 Å². The van der Waals surface area contributed by atoms with Gasteiger partial charge in [0.2, 0.25) is 0 Å². The van der Waals surface area contributed by atoms with Gasteiger partial charge in [-0.25, -0.2) is 0 Å². The summed E-state index contributed by atoms with van der Waals surface area (Å²) in [5.74, 6) is 0.638. The van der Waals surface area contributed by atoms with Crippen molar-refractivity contribution in [2.24, 2.45) is 0 Å². The average molecular weight is 207 g/mol. The molecule has 0 aliphatic rings. The SMILES string of the molecule is CC(CC(F)(F)F)NCc1ccco1. The van der Waals surface area contributed by atoms with Gasteiger partial charge >= 0.3 is 6.18 Å². The molecule has 1 heterocycles. The minimum absolute atomic E-state index is 0.324. The molecule has 1 aromatic rings. The molecular formula is C9H12F3NO. The lowest BCUT2D eigenvalue weighted by Crippen LogP contribution is -2.30. The van der Waals surface area contributed by atoms with Crippen LogP contribution in [0.5, 0.6) is 0 Å². The third-order valence-corrected chi connectivity index (χ3v) is 1.74. The van der Waals surface area contributed by atoms with Crippen molar-refractivity contribution in [1.29, 1.82) is 0 Å². The Labute approximate surface area is 80.1 Å². The molecule has 1 aromatic heterocycles. The van der Waals surface area contributed by atoms with Crippen LogP contribution in [-0.2, 0) is 6.54 Å². The van der Waals surface area contributed by atoms with Gasteiger partial charge in [-0.15, -0.1) is 0 Å². The van der Waals surface area contributed by atoms with E-state index < -0.39 is 18.6 Å². The van der Waals surface area contributed by atoms with Gasteiger partial charge in [0.1, 0.15) is 5.76 Å². The second kappa shape index (κ2) is 4.50. The average Bonchev–Trinajstić information content (AvgIpc) is 2.49. The maximum atomic E-state index is 11.9. The fraction of sp³-hybridized carbons (Fsp3) is 0.556. The van der Waals surface area contributed by atoms with Crippen molar-refractivity contribution in [3.63, 3.8) is 0 Å². The molecule has 0 saturated carbocycles. The van der Waals surface area contributed by atoms with Crippen LogP contribution in [0, 0.1) is 0 Å². The predicted octanol–water partition coefficient (Wildman–Crippen LogP) is 2.71. The van der Waals surface area contributed by atoms with E-state index in [9.17, 15) is 13.2 Å². The van der Waals surface area contributed by atoms with Crippen molar-refractivity contribution in [2.75, 3.05) is 0 Å². The van der Waals surface area contributed by atoms with E-state index in [4.69, 9.17) is 4.42 Å². The Balaban J connectivity index is 2.25. The van der Waals surface area contributed by atoms with Crippen LogP contribution in [0.25, 0.3) is 0 Å². The van der Waals surface area contributed by atoms with Crippen LogP contribution >= 0.6 is 0 Å². The van der Waals surface area contributed by atoms with Crippen molar-refractivity contribution >= 4 is 0 Å². The summed E-state index contributed by atoms with van der Waals surface area (Å²) < 4.78 is 40.7. The Morgan fingerprint density at radius 2 is 2.21 bits per heavy atom. The molecule has 2 nitrogen and oxygen atoms in total. The van der Waals surface area contributed by atoms with Crippen molar-refractivity contribution in [3.8, 4) is 0 Å². The second-order valence-electron chi connectivity index (χ2n) is 3.18. The van der Waals surface area contributed by atoms with E-state index in [-0.39, 0.29) is 0 Å². The summed E-state index contributed by atoms with van der Waals surface area (Å²) in [6, 6.07) is 2.82. The van der Waals surface area contributed by atoms with Gasteiger partial charge in [0, 0.05) is 6.04 Å². The Morgan fingerprint density at radius 3 is 2.71 bits per heavy atom. The third-order valence-electron chi connectivity index (χ3n) is 1.74. The molecule has 0 aromatic carbocycles. The zero-order valence-corrected chi connectivity index (χ0v) is 7.77.